The summed E-state index contributed by atoms with van der Waals surface area (Å²) in [6, 6.07) is 9.85. The van der Waals surface area contributed by atoms with E-state index < -0.39 is 0 Å². The van der Waals surface area contributed by atoms with Gasteiger partial charge in [-0.2, -0.15) is 0 Å². The largest absolute Gasteiger partial charge is 0.448 e. The van der Waals surface area contributed by atoms with E-state index in [1.807, 2.05) is 78.1 Å². The van der Waals surface area contributed by atoms with E-state index >= 15 is 0 Å². The summed E-state index contributed by atoms with van der Waals surface area (Å²) in [5.41, 5.74) is 4.63. The molecule has 3 rings (SSSR count). The number of anilines is 1. The highest BCUT2D eigenvalue weighted by atomic mass is 16.5. The summed E-state index contributed by atoms with van der Waals surface area (Å²) in [6.07, 6.45) is 12.8. The van der Waals surface area contributed by atoms with E-state index in [4.69, 9.17) is 16.1 Å². The molecule has 0 aliphatic carbocycles. The number of hydrogen-bond acceptors (Lipinski definition) is 7. The second-order valence-electron chi connectivity index (χ2n) is 8.99. The van der Waals surface area contributed by atoms with Crippen molar-refractivity contribution >= 4 is 12.2 Å². The van der Waals surface area contributed by atoms with Crippen LogP contribution in [-0.2, 0) is 4.79 Å². The van der Waals surface area contributed by atoms with Crippen molar-refractivity contribution in [3.05, 3.63) is 82.7 Å². The first-order valence-corrected chi connectivity index (χ1v) is 13.1. The van der Waals surface area contributed by atoms with Gasteiger partial charge in [-0.15, -0.1) is 6.42 Å². The highest BCUT2D eigenvalue weighted by Crippen LogP contribution is 2.37. The van der Waals surface area contributed by atoms with Crippen molar-refractivity contribution in [1.82, 2.24) is 20.2 Å². The van der Waals surface area contributed by atoms with Crippen LogP contribution in [0.5, 0.6) is 5.75 Å². The zero-order valence-electron chi connectivity index (χ0n) is 23.7. The number of nitrogens with one attached hydrogen (secondary N) is 2. The van der Waals surface area contributed by atoms with Crippen LogP contribution in [-0.4, -0.2) is 47.3 Å². The molecule has 0 spiro atoms. The summed E-state index contributed by atoms with van der Waals surface area (Å²) in [5, 5.41) is 6.39. The molecule has 1 aromatic heterocycles. The summed E-state index contributed by atoms with van der Waals surface area (Å²) >= 11 is 0. The Morgan fingerprint density at radius 2 is 1.92 bits per heavy atom. The third-order valence-corrected chi connectivity index (χ3v) is 6.28. The van der Waals surface area contributed by atoms with Crippen LogP contribution in [0.3, 0.4) is 0 Å². The van der Waals surface area contributed by atoms with Crippen molar-refractivity contribution in [1.29, 1.82) is 0 Å². The van der Waals surface area contributed by atoms with E-state index in [9.17, 15) is 4.79 Å². The minimum Gasteiger partial charge on any atom is -0.448 e. The van der Waals surface area contributed by atoms with E-state index in [1.165, 1.54) is 0 Å². The molecule has 7 nitrogen and oxygen atoms in total. The Kier molecular flexibility index (Phi) is 12.3. The van der Waals surface area contributed by atoms with Crippen LogP contribution in [0.4, 0.5) is 5.95 Å². The SMILES string of the molecule is C#C/C(=C\C=C(/C)Nc1nccc(C2CC(C)N(CCNC)C(C=O)=C2C)n1)Oc1ccc(C)cc1.CC. The molecule has 0 radical (unpaired) electrons. The van der Waals surface area contributed by atoms with Crippen LogP contribution < -0.4 is 15.4 Å². The Morgan fingerprint density at radius 1 is 1.21 bits per heavy atom. The van der Waals surface area contributed by atoms with Gasteiger partial charge in [0.25, 0.3) is 0 Å². The normalized spacial score (nSPS) is 17.8. The van der Waals surface area contributed by atoms with Gasteiger partial charge in [0, 0.05) is 36.9 Å². The Labute approximate surface area is 228 Å². The summed E-state index contributed by atoms with van der Waals surface area (Å²) < 4.78 is 5.77. The molecule has 2 atom stereocenters. The first-order chi connectivity index (χ1) is 18.4. The average molecular weight is 516 g/mol. The number of benzene rings is 1. The topological polar surface area (TPSA) is 79.4 Å². The number of hydrogen-bond donors (Lipinski definition) is 2. The van der Waals surface area contributed by atoms with Crippen molar-refractivity contribution in [3.8, 4) is 18.1 Å². The molecule has 1 aliphatic heterocycles. The van der Waals surface area contributed by atoms with E-state index in [0.29, 0.717) is 17.5 Å². The number of likely N-dealkylation sites (N-methyl/N-ethyl adjacent to an activating group) is 1. The van der Waals surface area contributed by atoms with Gasteiger partial charge in [-0.3, -0.25) is 4.79 Å². The molecule has 202 valence electrons. The minimum atomic E-state index is 0.0507. The third-order valence-electron chi connectivity index (χ3n) is 6.28. The number of allylic oxidation sites excluding steroid dienone is 6. The fraction of sp³-hybridized carbons (Fsp3) is 0.387. The zero-order valence-corrected chi connectivity index (χ0v) is 23.7. The monoisotopic (exact) mass is 515 g/mol. The third kappa shape index (κ3) is 8.32. The first-order valence-electron chi connectivity index (χ1n) is 13.1. The zero-order chi connectivity index (χ0) is 28.1. The van der Waals surface area contributed by atoms with Crippen molar-refractivity contribution < 1.29 is 9.53 Å². The molecule has 0 bridgehead atoms. The fourth-order valence-corrected chi connectivity index (χ4v) is 4.25. The molecule has 0 amide bonds. The van der Waals surface area contributed by atoms with E-state index in [1.54, 1.807) is 12.3 Å². The summed E-state index contributed by atoms with van der Waals surface area (Å²) in [6.45, 7) is 13.7. The number of aromatic nitrogens is 2. The maximum Gasteiger partial charge on any atom is 0.227 e. The van der Waals surface area contributed by atoms with Gasteiger partial charge in [0.05, 0.1) is 11.4 Å². The Morgan fingerprint density at radius 3 is 2.55 bits per heavy atom. The number of ether oxygens (including phenoxy) is 1. The van der Waals surface area contributed by atoms with Gasteiger partial charge in [0.1, 0.15) is 5.75 Å². The summed E-state index contributed by atoms with van der Waals surface area (Å²) in [5.74, 6) is 4.19. The van der Waals surface area contributed by atoms with Gasteiger partial charge in [0.15, 0.2) is 12.0 Å². The quantitative estimate of drug-likeness (QED) is 0.185. The van der Waals surface area contributed by atoms with Gasteiger partial charge in [-0.1, -0.05) is 31.5 Å². The van der Waals surface area contributed by atoms with Crippen molar-refractivity contribution in [2.75, 3.05) is 25.5 Å². The molecule has 7 heteroatoms. The van der Waals surface area contributed by atoms with E-state index in [2.05, 4.69) is 33.4 Å². The van der Waals surface area contributed by atoms with E-state index in [0.717, 1.165) is 54.0 Å². The Hall–Kier alpha value is -3.89. The van der Waals surface area contributed by atoms with Gasteiger partial charge in [0.2, 0.25) is 5.95 Å². The molecule has 0 saturated heterocycles. The van der Waals surface area contributed by atoms with Gasteiger partial charge < -0.3 is 20.3 Å². The summed E-state index contributed by atoms with van der Waals surface area (Å²) in [7, 11) is 1.92. The van der Waals surface area contributed by atoms with Gasteiger partial charge in [-0.05, 0) is 83.0 Å². The summed E-state index contributed by atoms with van der Waals surface area (Å²) in [4.78, 5) is 23.3. The standard InChI is InChI=1S/C29H35N5O2.C2H6/c1-7-24(36-25-11-8-20(2)9-12-25)13-10-21(3)32-29-31-15-14-27(33-29)26-18-22(4)34(17-16-30-6)28(19-35)23(26)5;1-2/h1,8-15,19,22,26,30H,16-18H2,2-6H3,(H,31,32,33);1-2H3/b21-10+,24-13+;. The number of aldehydes is 1. The minimum absolute atomic E-state index is 0.0507. The predicted molar refractivity (Wildman–Crippen MR) is 156 cm³/mol. The van der Waals surface area contributed by atoms with Crippen LogP contribution >= 0.6 is 0 Å². The Balaban J connectivity index is 0.00000247. The van der Waals surface area contributed by atoms with Crippen LogP contribution in [0.15, 0.2) is 71.4 Å². The second-order valence-corrected chi connectivity index (χ2v) is 8.99. The number of carbonyl (C=O) groups is 1. The smallest absolute Gasteiger partial charge is 0.227 e. The van der Waals surface area contributed by atoms with Crippen LogP contribution in [0.2, 0.25) is 0 Å². The molecule has 2 N–H and O–H groups in total. The van der Waals surface area contributed by atoms with Gasteiger partial charge >= 0.3 is 0 Å². The number of terminal acetylenes is 1. The van der Waals surface area contributed by atoms with Crippen molar-refractivity contribution in [2.45, 2.75) is 59.9 Å². The lowest BCUT2D eigenvalue weighted by atomic mass is 9.84. The molecule has 38 heavy (non-hydrogen) atoms. The average Bonchev–Trinajstić information content (AvgIpc) is 2.93. The van der Waals surface area contributed by atoms with Crippen molar-refractivity contribution in [3.63, 3.8) is 0 Å². The molecule has 1 aromatic carbocycles. The number of carbonyl (C=O) groups excluding carboxylic acids is 1. The predicted octanol–water partition coefficient (Wildman–Crippen LogP) is 5.59. The maximum atomic E-state index is 12.0. The van der Waals surface area contributed by atoms with E-state index in [-0.39, 0.29) is 12.0 Å². The Bertz CT molecular complexity index is 1190. The molecular formula is C31H41N5O2. The molecule has 2 unspecified atom stereocenters. The molecule has 0 saturated carbocycles. The lowest BCUT2D eigenvalue weighted by molar-refractivity contribution is -0.106. The highest BCUT2D eigenvalue weighted by Gasteiger charge is 2.31. The lowest BCUT2D eigenvalue weighted by Crippen LogP contribution is -2.42. The number of rotatable bonds is 10. The lowest BCUT2D eigenvalue weighted by Gasteiger charge is -2.40. The molecule has 2 aromatic rings. The van der Waals surface area contributed by atoms with Crippen LogP contribution in [0.1, 0.15) is 58.2 Å². The highest BCUT2D eigenvalue weighted by molar-refractivity contribution is 5.74. The number of nitrogens with zero attached hydrogens (tertiary/aromatic N) is 3. The molecule has 2 heterocycles. The molecular weight excluding hydrogens is 474 g/mol. The van der Waals surface area contributed by atoms with Crippen LogP contribution in [0, 0.1) is 19.3 Å². The van der Waals surface area contributed by atoms with Gasteiger partial charge in [-0.25, -0.2) is 9.97 Å². The molecule has 0 fully saturated rings. The van der Waals surface area contributed by atoms with Crippen molar-refractivity contribution in [2.24, 2.45) is 0 Å². The van der Waals surface area contributed by atoms with Crippen LogP contribution in [0.25, 0.3) is 0 Å². The molecule has 1 aliphatic rings. The fourth-order valence-electron chi connectivity index (χ4n) is 4.25. The number of aryl methyl sites for hydroxylation is 1. The first kappa shape index (κ1) is 30.3. The second kappa shape index (κ2) is 15.4. The maximum absolute atomic E-state index is 12.0.